The van der Waals surface area contributed by atoms with Crippen LogP contribution in [0.2, 0.25) is 0 Å². The lowest BCUT2D eigenvalue weighted by atomic mass is 10.4. The van der Waals surface area contributed by atoms with Gasteiger partial charge in [-0.15, -0.1) is 0 Å². The SMILES string of the molecule is C[C@@H]1N=C(N(C)C)N(C)C(N(C)CCN(C)C2=N[C@@H](C)N=C(N(C)C)N2)=N1. The lowest BCUT2D eigenvalue weighted by molar-refractivity contribution is 0.366. The third kappa shape index (κ3) is 5.01. The van der Waals surface area contributed by atoms with Crippen LogP contribution in [0.1, 0.15) is 13.8 Å². The molecule has 0 spiro atoms. The van der Waals surface area contributed by atoms with E-state index >= 15 is 0 Å². The van der Waals surface area contributed by atoms with E-state index in [1.165, 1.54) is 0 Å². The van der Waals surface area contributed by atoms with Gasteiger partial charge in [0.05, 0.1) is 0 Å². The van der Waals surface area contributed by atoms with Crippen molar-refractivity contribution in [1.82, 2.24) is 29.8 Å². The molecule has 0 amide bonds. The lowest BCUT2D eigenvalue weighted by Crippen LogP contribution is -2.54. The zero-order chi connectivity index (χ0) is 20.3. The van der Waals surface area contributed by atoms with Crippen molar-refractivity contribution in [2.24, 2.45) is 20.0 Å². The van der Waals surface area contributed by atoms with E-state index in [1.807, 2.05) is 70.8 Å². The van der Waals surface area contributed by atoms with Crippen molar-refractivity contribution < 1.29 is 0 Å². The normalized spacial score (nSPS) is 22.2. The first kappa shape index (κ1) is 20.8. The molecule has 0 fully saturated rings. The molecule has 10 nitrogen and oxygen atoms in total. The molecule has 2 atom stereocenters. The molecule has 0 aromatic carbocycles. The number of nitrogens with one attached hydrogen (secondary N) is 1. The number of nitrogens with zero attached hydrogens (tertiary/aromatic N) is 9. The van der Waals surface area contributed by atoms with Gasteiger partial charge in [0.15, 0.2) is 0 Å². The Morgan fingerprint density at radius 2 is 1.26 bits per heavy atom. The summed E-state index contributed by atoms with van der Waals surface area (Å²) in [6.07, 6.45) is -0.176. The number of aliphatic imine (C=N–C) groups is 4. The summed E-state index contributed by atoms with van der Waals surface area (Å²) in [4.78, 5) is 28.6. The highest BCUT2D eigenvalue weighted by molar-refractivity contribution is 6.00. The maximum absolute atomic E-state index is 4.70. The Morgan fingerprint density at radius 3 is 1.85 bits per heavy atom. The molecule has 0 aromatic heterocycles. The summed E-state index contributed by atoms with van der Waals surface area (Å²) in [6.45, 7) is 5.59. The van der Waals surface area contributed by atoms with Gasteiger partial charge in [-0.1, -0.05) is 0 Å². The van der Waals surface area contributed by atoms with Crippen LogP contribution < -0.4 is 5.32 Å². The molecule has 2 aliphatic heterocycles. The molecule has 0 radical (unpaired) electrons. The van der Waals surface area contributed by atoms with Crippen molar-refractivity contribution in [2.75, 3.05) is 62.4 Å². The molecule has 152 valence electrons. The highest BCUT2D eigenvalue weighted by Crippen LogP contribution is 2.10. The second-order valence-corrected chi connectivity index (χ2v) is 7.34. The largest absolute Gasteiger partial charge is 0.349 e. The maximum Gasteiger partial charge on any atom is 0.205 e. The van der Waals surface area contributed by atoms with E-state index in [0.717, 1.165) is 36.9 Å². The summed E-state index contributed by atoms with van der Waals surface area (Å²) in [5.74, 6) is 3.48. The molecule has 10 heteroatoms. The fraction of sp³-hybridized carbons (Fsp3) is 0.765. The van der Waals surface area contributed by atoms with Crippen molar-refractivity contribution in [3.63, 3.8) is 0 Å². The van der Waals surface area contributed by atoms with E-state index in [2.05, 4.69) is 37.1 Å². The standard InChI is InChI=1S/C17H34N10/c1-12-18-14(23(3)4)22-15(19-12)25(7)10-11-26(8)17-21-13(2)20-16(24(5)6)27(17)9/h12-13H,10-11H2,1-9H3,(H,18,19,22)/t12-,13+/m0/s1. The molecule has 0 aromatic rings. The van der Waals surface area contributed by atoms with E-state index in [0.29, 0.717) is 0 Å². The Labute approximate surface area is 162 Å². The fourth-order valence-electron chi connectivity index (χ4n) is 2.87. The minimum absolute atomic E-state index is 0.0853. The van der Waals surface area contributed by atoms with Gasteiger partial charge in [0.2, 0.25) is 23.8 Å². The predicted molar refractivity (Wildman–Crippen MR) is 112 cm³/mol. The molecule has 2 heterocycles. The fourth-order valence-corrected chi connectivity index (χ4v) is 2.87. The average molecular weight is 379 g/mol. The van der Waals surface area contributed by atoms with Crippen LogP contribution in [0, 0.1) is 0 Å². The predicted octanol–water partition coefficient (Wildman–Crippen LogP) is -0.362. The van der Waals surface area contributed by atoms with E-state index in [4.69, 9.17) is 4.99 Å². The Bertz CT molecular complexity index is 648. The minimum atomic E-state index is -0.0904. The van der Waals surface area contributed by atoms with Crippen LogP contribution in [0.3, 0.4) is 0 Å². The zero-order valence-electron chi connectivity index (χ0n) is 18.1. The molecular formula is C17H34N10. The molecule has 27 heavy (non-hydrogen) atoms. The summed E-state index contributed by atoms with van der Waals surface area (Å²) in [6, 6.07) is 0. The first-order valence-electron chi connectivity index (χ1n) is 9.19. The second-order valence-electron chi connectivity index (χ2n) is 7.34. The van der Waals surface area contributed by atoms with Gasteiger partial charge >= 0.3 is 0 Å². The van der Waals surface area contributed by atoms with Gasteiger partial charge in [0, 0.05) is 62.4 Å². The summed E-state index contributed by atoms with van der Waals surface area (Å²) < 4.78 is 0. The van der Waals surface area contributed by atoms with Gasteiger partial charge in [-0.3, -0.25) is 10.2 Å². The summed E-state index contributed by atoms with van der Waals surface area (Å²) in [7, 11) is 14.0. The minimum Gasteiger partial charge on any atom is -0.349 e. The van der Waals surface area contributed by atoms with E-state index in [-0.39, 0.29) is 12.3 Å². The first-order valence-corrected chi connectivity index (χ1v) is 9.19. The monoisotopic (exact) mass is 378 g/mol. The van der Waals surface area contributed by atoms with Gasteiger partial charge in [-0.05, 0) is 13.8 Å². The van der Waals surface area contributed by atoms with Gasteiger partial charge < -0.3 is 19.6 Å². The molecule has 0 unspecified atom stereocenters. The van der Waals surface area contributed by atoms with Crippen LogP contribution in [0.25, 0.3) is 0 Å². The number of guanidine groups is 4. The molecule has 0 bridgehead atoms. The quantitative estimate of drug-likeness (QED) is 0.723. The van der Waals surface area contributed by atoms with Crippen molar-refractivity contribution >= 4 is 23.8 Å². The van der Waals surface area contributed by atoms with E-state index in [9.17, 15) is 0 Å². The lowest BCUT2D eigenvalue weighted by Gasteiger charge is -2.36. The third-order valence-electron chi connectivity index (χ3n) is 4.34. The van der Waals surface area contributed by atoms with E-state index in [1.54, 1.807) is 0 Å². The molecule has 2 aliphatic rings. The van der Waals surface area contributed by atoms with Gasteiger partial charge in [-0.2, -0.15) is 0 Å². The highest BCUT2D eigenvalue weighted by atomic mass is 15.5. The van der Waals surface area contributed by atoms with Crippen molar-refractivity contribution in [3.8, 4) is 0 Å². The topological polar surface area (TPSA) is 77.7 Å². The Morgan fingerprint density at radius 1 is 0.741 bits per heavy atom. The number of hydrogen-bond donors (Lipinski definition) is 1. The van der Waals surface area contributed by atoms with Crippen LogP contribution in [0.4, 0.5) is 0 Å². The van der Waals surface area contributed by atoms with Crippen LogP contribution >= 0.6 is 0 Å². The number of likely N-dealkylation sites (N-methyl/N-ethyl adjacent to an activating group) is 2. The molecule has 1 N–H and O–H groups in total. The van der Waals surface area contributed by atoms with Gasteiger partial charge in [-0.25, -0.2) is 20.0 Å². The number of hydrogen-bond acceptors (Lipinski definition) is 10. The maximum atomic E-state index is 4.70. The Hall–Kier alpha value is -2.52. The molecule has 0 saturated heterocycles. The highest BCUT2D eigenvalue weighted by Gasteiger charge is 2.25. The van der Waals surface area contributed by atoms with Crippen molar-refractivity contribution in [2.45, 2.75) is 26.2 Å². The molecule has 2 rings (SSSR count). The second kappa shape index (κ2) is 8.45. The number of rotatable bonds is 3. The van der Waals surface area contributed by atoms with Crippen LogP contribution in [0.5, 0.6) is 0 Å². The zero-order valence-corrected chi connectivity index (χ0v) is 18.1. The summed E-state index contributed by atoms with van der Waals surface area (Å²) >= 11 is 0. The van der Waals surface area contributed by atoms with Crippen LogP contribution in [0.15, 0.2) is 20.0 Å². The van der Waals surface area contributed by atoms with E-state index < -0.39 is 0 Å². The van der Waals surface area contributed by atoms with Crippen LogP contribution in [-0.4, -0.2) is 123 Å². The van der Waals surface area contributed by atoms with Crippen LogP contribution in [-0.2, 0) is 0 Å². The first-order chi connectivity index (χ1) is 12.6. The Balaban J connectivity index is 1.98. The van der Waals surface area contributed by atoms with Gasteiger partial charge in [0.1, 0.15) is 12.3 Å². The van der Waals surface area contributed by atoms with Crippen molar-refractivity contribution in [3.05, 3.63) is 0 Å². The summed E-state index contributed by atoms with van der Waals surface area (Å²) in [5, 5.41) is 3.29. The molecule has 0 aliphatic carbocycles. The average Bonchev–Trinajstić information content (AvgIpc) is 2.60. The molecule has 0 saturated carbocycles. The Kier molecular flexibility index (Phi) is 6.50. The van der Waals surface area contributed by atoms with Gasteiger partial charge in [0.25, 0.3) is 0 Å². The third-order valence-corrected chi connectivity index (χ3v) is 4.34. The molecular weight excluding hydrogens is 344 g/mol. The summed E-state index contributed by atoms with van der Waals surface area (Å²) in [5.41, 5.74) is 0. The van der Waals surface area contributed by atoms with Crippen molar-refractivity contribution in [1.29, 1.82) is 0 Å². The smallest absolute Gasteiger partial charge is 0.205 e.